The minimum atomic E-state index is -0.491. The molecule has 0 amide bonds. The molecule has 0 aromatic carbocycles. The minimum absolute atomic E-state index is 0.0450. The Morgan fingerprint density at radius 3 is 2.67 bits per heavy atom. The molecule has 4 nitrogen and oxygen atoms in total. The molecule has 2 fully saturated rings. The predicted octanol–water partition coefficient (Wildman–Crippen LogP) is 0.927. The molecule has 0 saturated carbocycles. The fourth-order valence-corrected chi connectivity index (χ4v) is 2.36. The number of hydrogen-bond donors (Lipinski definition) is 1. The van der Waals surface area contributed by atoms with Gasteiger partial charge in [-0.2, -0.15) is 0 Å². The third kappa shape index (κ3) is 2.91. The first-order valence-electron chi connectivity index (χ1n) is 5.72. The van der Waals surface area contributed by atoms with Gasteiger partial charge in [0.1, 0.15) is 6.10 Å². The molecule has 2 rings (SSSR count). The SMILES string of the molecule is CC1(CC2CCOCC2)OCC(CO)O1. The summed E-state index contributed by atoms with van der Waals surface area (Å²) in [5, 5.41) is 8.98. The van der Waals surface area contributed by atoms with Crippen LogP contribution in [0.25, 0.3) is 0 Å². The molecule has 0 spiro atoms. The summed E-state index contributed by atoms with van der Waals surface area (Å²) in [6.45, 7) is 4.23. The molecule has 2 aliphatic rings. The van der Waals surface area contributed by atoms with Crippen molar-refractivity contribution in [1.82, 2.24) is 0 Å². The standard InChI is InChI=1S/C11H20O4/c1-11(14-8-10(7-12)15-11)6-9-2-4-13-5-3-9/h9-10,12H,2-8H2,1H3. The quantitative estimate of drug-likeness (QED) is 0.762. The Hall–Kier alpha value is -0.160. The van der Waals surface area contributed by atoms with Crippen LogP contribution in [0.3, 0.4) is 0 Å². The van der Waals surface area contributed by atoms with Crippen molar-refractivity contribution in [2.75, 3.05) is 26.4 Å². The summed E-state index contributed by atoms with van der Waals surface area (Å²) >= 11 is 0. The van der Waals surface area contributed by atoms with E-state index in [9.17, 15) is 0 Å². The molecule has 0 radical (unpaired) electrons. The van der Waals surface area contributed by atoms with Crippen molar-refractivity contribution >= 4 is 0 Å². The Morgan fingerprint density at radius 2 is 2.07 bits per heavy atom. The maximum absolute atomic E-state index is 8.98. The van der Waals surface area contributed by atoms with Crippen molar-refractivity contribution in [3.8, 4) is 0 Å². The number of rotatable bonds is 3. The molecular formula is C11H20O4. The van der Waals surface area contributed by atoms with Gasteiger partial charge in [-0.25, -0.2) is 0 Å². The Balaban J connectivity index is 1.82. The first kappa shape index (κ1) is 11.3. The van der Waals surface area contributed by atoms with Gasteiger partial charge in [-0.15, -0.1) is 0 Å². The van der Waals surface area contributed by atoms with Gasteiger partial charge in [0, 0.05) is 19.6 Å². The Labute approximate surface area is 90.5 Å². The fourth-order valence-electron chi connectivity index (χ4n) is 2.36. The zero-order valence-corrected chi connectivity index (χ0v) is 9.28. The largest absolute Gasteiger partial charge is 0.394 e. The molecule has 2 aliphatic heterocycles. The van der Waals surface area contributed by atoms with Gasteiger partial charge in [0.15, 0.2) is 5.79 Å². The van der Waals surface area contributed by atoms with E-state index in [4.69, 9.17) is 19.3 Å². The first-order chi connectivity index (χ1) is 7.22. The van der Waals surface area contributed by atoms with Crippen molar-refractivity contribution < 1.29 is 19.3 Å². The third-order valence-corrected chi connectivity index (χ3v) is 3.19. The van der Waals surface area contributed by atoms with E-state index < -0.39 is 5.79 Å². The Kier molecular flexibility index (Phi) is 3.61. The van der Waals surface area contributed by atoms with Crippen LogP contribution < -0.4 is 0 Å². The Bertz CT molecular complexity index is 203. The van der Waals surface area contributed by atoms with Crippen LogP contribution >= 0.6 is 0 Å². The summed E-state index contributed by atoms with van der Waals surface area (Å²) in [7, 11) is 0. The van der Waals surface area contributed by atoms with E-state index in [1.165, 1.54) is 0 Å². The lowest BCUT2D eigenvalue weighted by Crippen LogP contribution is -2.32. The first-order valence-corrected chi connectivity index (χ1v) is 5.72. The summed E-state index contributed by atoms with van der Waals surface area (Å²) in [6.07, 6.45) is 2.94. The van der Waals surface area contributed by atoms with Crippen LogP contribution in [-0.2, 0) is 14.2 Å². The van der Waals surface area contributed by atoms with Crippen LogP contribution in [0.15, 0.2) is 0 Å². The molecule has 1 N–H and O–H groups in total. The summed E-state index contributed by atoms with van der Waals surface area (Å²) in [4.78, 5) is 0. The number of aliphatic hydroxyl groups excluding tert-OH is 1. The molecular weight excluding hydrogens is 196 g/mol. The van der Waals surface area contributed by atoms with E-state index in [0.29, 0.717) is 12.5 Å². The van der Waals surface area contributed by atoms with E-state index in [0.717, 1.165) is 32.5 Å². The van der Waals surface area contributed by atoms with Crippen molar-refractivity contribution in [2.45, 2.75) is 38.1 Å². The van der Waals surface area contributed by atoms with Gasteiger partial charge in [-0.1, -0.05) is 0 Å². The van der Waals surface area contributed by atoms with Gasteiger partial charge in [0.2, 0.25) is 0 Å². The van der Waals surface area contributed by atoms with Crippen LogP contribution in [0.2, 0.25) is 0 Å². The van der Waals surface area contributed by atoms with Crippen LogP contribution in [0.1, 0.15) is 26.2 Å². The van der Waals surface area contributed by atoms with Crippen LogP contribution in [0.4, 0.5) is 0 Å². The van der Waals surface area contributed by atoms with E-state index in [1.54, 1.807) is 0 Å². The molecule has 0 aromatic rings. The zero-order valence-electron chi connectivity index (χ0n) is 9.28. The molecule has 15 heavy (non-hydrogen) atoms. The average Bonchev–Trinajstić information content (AvgIpc) is 2.61. The van der Waals surface area contributed by atoms with Gasteiger partial charge >= 0.3 is 0 Å². The maximum atomic E-state index is 8.98. The van der Waals surface area contributed by atoms with Crippen LogP contribution in [-0.4, -0.2) is 43.4 Å². The van der Waals surface area contributed by atoms with E-state index in [2.05, 4.69) is 0 Å². The molecule has 4 heteroatoms. The molecule has 2 heterocycles. The Morgan fingerprint density at radius 1 is 1.33 bits per heavy atom. The summed E-state index contributed by atoms with van der Waals surface area (Å²) in [5.41, 5.74) is 0. The highest BCUT2D eigenvalue weighted by molar-refractivity contribution is 4.78. The monoisotopic (exact) mass is 216 g/mol. The van der Waals surface area contributed by atoms with E-state index in [1.807, 2.05) is 6.92 Å². The highest BCUT2D eigenvalue weighted by Gasteiger charge is 2.38. The molecule has 2 atom stereocenters. The van der Waals surface area contributed by atoms with Crippen molar-refractivity contribution in [1.29, 1.82) is 0 Å². The smallest absolute Gasteiger partial charge is 0.166 e. The fraction of sp³-hybridized carbons (Fsp3) is 1.00. The predicted molar refractivity (Wildman–Crippen MR) is 54.5 cm³/mol. The van der Waals surface area contributed by atoms with Gasteiger partial charge in [0.25, 0.3) is 0 Å². The highest BCUT2D eigenvalue weighted by atomic mass is 16.7. The van der Waals surface area contributed by atoms with Crippen molar-refractivity contribution in [3.05, 3.63) is 0 Å². The average molecular weight is 216 g/mol. The maximum Gasteiger partial charge on any atom is 0.166 e. The molecule has 2 unspecified atom stereocenters. The van der Waals surface area contributed by atoms with Gasteiger partial charge in [-0.3, -0.25) is 0 Å². The lowest BCUT2D eigenvalue weighted by molar-refractivity contribution is -0.173. The second-order valence-electron chi connectivity index (χ2n) is 4.63. The molecule has 2 saturated heterocycles. The topological polar surface area (TPSA) is 47.9 Å². The minimum Gasteiger partial charge on any atom is -0.394 e. The van der Waals surface area contributed by atoms with E-state index >= 15 is 0 Å². The van der Waals surface area contributed by atoms with Gasteiger partial charge < -0.3 is 19.3 Å². The van der Waals surface area contributed by atoms with Crippen molar-refractivity contribution in [2.24, 2.45) is 5.92 Å². The number of hydrogen-bond acceptors (Lipinski definition) is 4. The number of ether oxygens (including phenoxy) is 3. The molecule has 0 bridgehead atoms. The summed E-state index contributed by atoms with van der Waals surface area (Å²) < 4.78 is 16.6. The van der Waals surface area contributed by atoms with Crippen LogP contribution in [0, 0.1) is 5.92 Å². The normalized spacial score (nSPS) is 38.4. The molecule has 0 aliphatic carbocycles. The molecule has 0 aromatic heterocycles. The molecule has 88 valence electrons. The second-order valence-corrected chi connectivity index (χ2v) is 4.63. The summed E-state index contributed by atoms with van der Waals surface area (Å²) in [6, 6.07) is 0. The van der Waals surface area contributed by atoms with Crippen LogP contribution in [0.5, 0.6) is 0 Å². The second kappa shape index (κ2) is 4.78. The van der Waals surface area contributed by atoms with Crippen molar-refractivity contribution in [3.63, 3.8) is 0 Å². The van der Waals surface area contributed by atoms with Gasteiger partial charge in [-0.05, 0) is 25.7 Å². The lowest BCUT2D eigenvalue weighted by Gasteiger charge is -2.30. The van der Waals surface area contributed by atoms with E-state index in [-0.39, 0.29) is 12.7 Å². The van der Waals surface area contributed by atoms with Gasteiger partial charge in [0.05, 0.1) is 13.2 Å². The lowest BCUT2D eigenvalue weighted by atomic mass is 9.92. The highest BCUT2D eigenvalue weighted by Crippen LogP contribution is 2.33. The summed E-state index contributed by atoms with van der Waals surface area (Å²) in [5.74, 6) is 0.135. The third-order valence-electron chi connectivity index (χ3n) is 3.19. The number of aliphatic hydroxyl groups is 1. The zero-order chi connectivity index (χ0) is 10.7.